The van der Waals surface area contributed by atoms with Crippen LogP contribution in [0.2, 0.25) is 0 Å². The number of carbonyl (C=O) groups excluding carboxylic acids is 1. The van der Waals surface area contributed by atoms with E-state index in [1.807, 2.05) is 18.2 Å². The second-order valence-electron chi connectivity index (χ2n) is 4.22. The predicted octanol–water partition coefficient (Wildman–Crippen LogP) is 3.41. The van der Waals surface area contributed by atoms with Crippen LogP contribution in [0.3, 0.4) is 0 Å². The Morgan fingerprint density at radius 3 is 2.40 bits per heavy atom. The van der Waals surface area contributed by atoms with Crippen LogP contribution in [0.1, 0.15) is 6.42 Å². The molecule has 0 aliphatic rings. The monoisotopic (exact) mass is 276 g/mol. The molecule has 0 unspecified atom stereocenters. The fraction of sp³-hybridized carbons (Fsp3) is 0.133. The Morgan fingerprint density at radius 2 is 1.70 bits per heavy atom. The van der Waals surface area contributed by atoms with Crippen molar-refractivity contribution in [3.05, 3.63) is 60.2 Å². The van der Waals surface area contributed by atoms with Gasteiger partial charge in [-0.1, -0.05) is 18.2 Å². The van der Waals surface area contributed by atoms with Crippen molar-refractivity contribution in [1.82, 2.24) is 0 Å². The van der Waals surface area contributed by atoms with Gasteiger partial charge in [0.05, 0.1) is 0 Å². The maximum absolute atomic E-state index is 13.0. The molecule has 2 rings (SSSR count). The van der Waals surface area contributed by atoms with Crippen LogP contribution in [0, 0.1) is 11.6 Å². The van der Waals surface area contributed by atoms with Gasteiger partial charge in [0, 0.05) is 24.3 Å². The van der Waals surface area contributed by atoms with Crippen molar-refractivity contribution in [2.24, 2.45) is 0 Å². The van der Waals surface area contributed by atoms with Gasteiger partial charge in [-0.3, -0.25) is 4.79 Å². The van der Waals surface area contributed by atoms with E-state index in [1.54, 1.807) is 12.1 Å². The fourth-order valence-corrected chi connectivity index (χ4v) is 1.67. The lowest BCUT2D eigenvalue weighted by Crippen LogP contribution is -2.16. The quantitative estimate of drug-likeness (QED) is 0.878. The summed E-state index contributed by atoms with van der Waals surface area (Å²) in [6, 6.07) is 12.6. The van der Waals surface area contributed by atoms with Crippen molar-refractivity contribution in [3.63, 3.8) is 0 Å². The second-order valence-corrected chi connectivity index (χ2v) is 4.22. The largest absolute Gasteiger partial charge is 0.384 e. The molecule has 0 aromatic heterocycles. The Kier molecular flexibility index (Phi) is 4.65. The highest BCUT2D eigenvalue weighted by atomic mass is 19.2. The minimum absolute atomic E-state index is 0.147. The Bertz CT molecular complexity index is 588. The second kappa shape index (κ2) is 6.65. The highest BCUT2D eigenvalue weighted by Gasteiger charge is 2.04. The molecule has 0 aliphatic heterocycles. The number of hydrogen-bond acceptors (Lipinski definition) is 2. The molecule has 104 valence electrons. The number of halogens is 2. The van der Waals surface area contributed by atoms with Crippen LogP contribution in [-0.2, 0) is 4.79 Å². The summed E-state index contributed by atoms with van der Waals surface area (Å²) in [6.07, 6.45) is 0.230. The average Bonchev–Trinajstić information content (AvgIpc) is 2.44. The van der Waals surface area contributed by atoms with Crippen molar-refractivity contribution in [3.8, 4) is 0 Å². The summed E-state index contributed by atoms with van der Waals surface area (Å²) >= 11 is 0. The number of carbonyl (C=O) groups is 1. The number of anilines is 2. The number of amides is 1. The highest BCUT2D eigenvalue weighted by molar-refractivity contribution is 5.90. The molecular formula is C15H14F2N2O. The molecule has 0 saturated carbocycles. The third-order valence-corrected chi connectivity index (χ3v) is 2.66. The first-order valence-corrected chi connectivity index (χ1v) is 6.19. The predicted molar refractivity (Wildman–Crippen MR) is 74.5 cm³/mol. The minimum Gasteiger partial charge on any atom is -0.384 e. The molecule has 0 spiro atoms. The summed E-state index contributed by atoms with van der Waals surface area (Å²) < 4.78 is 25.7. The molecule has 0 fully saturated rings. The summed E-state index contributed by atoms with van der Waals surface area (Å²) in [5.74, 6) is -1.95. The van der Waals surface area contributed by atoms with E-state index in [9.17, 15) is 13.6 Å². The van der Waals surface area contributed by atoms with Crippen molar-refractivity contribution in [2.45, 2.75) is 6.42 Å². The van der Waals surface area contributed by atoms with Crippen LogP contribution in [0.4, 0.5) is 20.2 Å². The van der Waals surface area contributed by atoms with E-state index >= 15 is 0 Å². The van der Waals surface area contributed by atoms with Gasteiger partial charge in [0.1, 0.15) is 0 Å². The Hall–Kier alpha value is -2.43. The van der Waals surface area contributed by atoms with Crippen molar-refractivity contribution >= 4 is 17.3 Å². The number of hydrogen-bond donors (Lipinski definition) is 2. The molecule has 2 aromatic rings. The third-order valence-electron chi connectivity index (χ3n) is 2.66. The molecule has 0 saturated heterocycles. The van der Waals surface area contributed by atoms with E-state index in [-0.39, 0.29) is 12.3 Å². The molecule has 2 aromatic carbocycles. The van der Waals surface area contributed by atoms with Gasteiger partial charge < -0.3 is 10.6 Å². The minimum atomic E-state index is -0.913. The topological polar surface area (TPSA) is 41.1 Å². The van der Waals surface area contributed by atoms with Crippen LogP contribution in [0.25, 0.3) is 0 Å². The third kappa shape index (κ3) is 4.05. The molecule has 0 bridgehead atoms. The Balaban J connectivity index is 1.78. The normalized spacial score (nSPS) is 10.1. The first-order valence-electron chi connectivity index (χ1n) is 6.19. The molecule has 2 N–H and O–H groups in total. The fourth-order valence-electron chi connectivity index (χ4n) is 1.67. The van der Waals surface area contributed by atoms with E-state index in [0.29, 0.717) is 12.2 Å². The van der Waals surface area contributed by atoms with E-state index in [0.717, 1.165) is 17.8 Å². The van der Waals surface area contributed by atoms with Gasteiger partial charge in [0.15, 0.2) is 11.6 Å². The molecule has 20 heavy (non-hydrogen) atoms. The summed E-state index contributed by atoms with van der Waals surface area (Å²) in [4.78, 5) is 11.6. The number of rotatable bonds is 5. The van der Waals surface area contributed by atoms with Gasteiger partial charge in [0.25, 0.3) is 0 Å². The van der Waals surface area contributed by atoms with Gasteiger partial charge in [-0.15, -0.1) is 0 Å². The van der Waals surface area contributed by atoms with E-state index in [4.69, 9.17) is 0 Å². The maximum atomic E-state index is 13.0. The van der Waals surface area contributed by atoms with Crippen LogP contribution in [0.15, 0.2) is 48.5 Å². The van der Waals surface area contributed by atoms with Crippen molar-refractivity contribution in [1.29, 1.82) is 0 Å². The smallest absolute Gasteiger partial charge is 0.226 e. The molecule has 0 aliphatic carbocycles. The van der Waals surface area contributed by atoms with Gasteiger partial charge in [-0.05, 0) is 30.3 Å². The highest BCUT2D eigenvalue weighted by Crippen LogP contribution is 2.13. The average molecular weight is 276 g/mol. The van der Waals surface area contributed by atoms with Crippen LogP contribution in [0.5, 0.6) is 0 Å². The lowest BCUT2D eigenvalue weighted by Gasteiger charge is -2.07. The van der Waals surface area contributed by atoms with Crippen LogP contribution >= 0.6 is 0 Å². The molecule has 0 heterocycles. The first-order chi connectivity index (χ1) is 9.65. The first kappa shape index (κ1) is 14.0. The molecule has 1 amide bonds. The molecule has 5 heteroatoms. The number of para-hydroxylation sites is 1. The summed E-state index contributed by atoms with van der Waals surface area (Å²) in [7, 11) is 0. The van der Waals surface area contributed by atoms with Crippen LogP contribution in [-0.4, -0.2) is 12.5 Å². The van der Waals surface area contributed by atoms with Gasteiger partial charge in [-0.25, -0.2) is 8.78 Å². The number of benzene rings is 2. The zero-order chi connectivity index (χ0) is 14.4. The van der Waals surface area contributed by atoms with Gasteiger partial charge in [0.2, 0.25) is 5.91 Å². The summed E-state index contributed by atoms with van der Waals surface area (Å²) in [6.45, 7) is 0.337. The maximum Gasteiger partial charge on any atom is 0.226 e. The Morgan fingerprint density at radius 1 is 0.950 bits per heavy atom. The van der Waals surface area contributed by atoms with Crippen molar-refractivity contribution < 1.29 is 13.6 Å². The zero-order valence-corrected chi connectivity index (χ0v) is 10.7. The van der Waals surface area contributed by atoms with Crippen molar-refractivity contribution in [2.75, 3.05) is 17.2 Å². The van der Waals surface area contributed by atoms with Gasteiger partial charge >= 0.3 is 0 Å². The van der Waals surface area contributed by atoms with E-state index in [1.165, 1.54) is 6.07 Å². The van der Waals surface area contributed by atoms with E-state index < -0.39 is 11.6 Å². The zero-order valence-electron chi connectivity index (χ0n) is 10.7. The SMILES string of the molecule is O=C(CCNc1ccc(F)c(F)c1)Nc1ccccc1. The molecule has 0 radical (unpaired) electrons. The van der Waals surface area contributed by atoms with E-state index in [2.05, 4.69) is 10.6 Å². The standard InChI is InChI=1S/C15H14F2N2O/c16-13-7-6-12(10-14(13)17)18-9-8-15(20)19-11-4-2-1-3-5-11/h1-7,10,18H,8-9H2,(H,19,20). The van der Waals surface area contributed by atoms with Crippen LogP contribution < -0.4 is 10.6 Å². The number of nitrogens with one attached hydrogen (secondary N) is 2. The molecular weight excluding hydrogens is 262 g/mol. The lowest BCUT2D eigenvalue weighted by molar-refractivity contribution is -0.115. The lowest BCUT2D eigenvalue weighted by atomic mass is 10.2. The summed E-state index contributed by atoms with van der Waals surface area (Å²) in [5.41, 5.74) is 1.17. The molecule has 0 atom stereocenters. The Labute approximate surface area is 115 Å². The molecule has 3 nitrogen and oxygen atoms in total. The summed E-state index contributed by atoms with van der Waals surface area (Å²) in [5, 5.41) is 5.60. The van der Waals surface area contributed by atoms with Gasteiger partial charge in [-0.2, -0.15) is 0 Å².